The number of para-hydroxylation sites is 1. The van der Waals surface area contributed by atoms with Crippen molar-refractivity contribution in [2.24, 2.45) is 0 Å². The molecule has 2 heterocycles. The van der Waals surface area contributed by atoms with Gasteiger partial charge in [0.15, 0.2) is 5.82 Å². The molecule has 0 fully saturated rings. The molecule has 1 N–H and O–H groups in total. The average molecular weight is 276 g/mol. The molecule has 1 aromatic carbocycles. The van der Waals surface area contributed by atoms with Gasteiger partial charge in [0.2, 0.25) is 5.28 Å². The van der Waals surface area contributed by atoms with Gasteiger partial charge in [0.05, 0.1) is 11.7 Å². The van der Waals surface area contributed by atoms with Gasteiger partial charge in [-0.2, -0.15) is 9.99 Å². The Morgan fingerprint density at radius 2 is 2.05 bits per heavy atom. The van der Waals surface area contributed by atoms with Gasteiger partial charge >= 0.3 is 0 Å². The fraction of sp³-hybridized carbons (Fsp3) is 0.231. The van der Waals surface area contributed by atoms with Crippen molar-refractivity contribution >= 4 is 23.1 Å². The van der Waals surface area contributed by atoms with Gasteiger partial charge in [-0.25, -0.2) is 10.1 Å². The molecule has 5 nitrogen and oxygen atoms in total. The van der Waals surface area contributed by atoms with Gasteiger partial charge in [0.1, 0.15) is 0 Å². The van der Waals surface area contributed by atoms with Crippen molar-refractivity contribution in [2.75, 3.05) is 17.6 Å². The first kappa shape index (κ1) is 12.2. The fourth-order valence-corrected chi connectivity index (χ4v) is 2.37. The van der Waals surface area contributed by atoms with E-state index in [4.69, 9.17) is 11.6 Å². The molecule has 0 radical (unpaired) electrons. The molecule has 0 aliphatic carbocycles. The molecular weight excluding hydrogens is 262 g/mol. The lowest BCUT2D eigenvalue weighted by Crippen LogP contribution is -2.40. The van der Waals surface area contributed by atoms with Crippen molar-refractivity contribution < 1.29 is 0 Å². The maximum absolute atomic E-state index is 5.80. The fourth-order valence-electron chi connectivity index (χ4n) is 2.22. The second-order valence-electron chi connectivity index (χ2n) is 4.44. The summed E-state index contributed by atoms with van der Waals surface area (Å²) in [4.78, 5) is 8.02. The molecule has 0 saturated heterocycles. The van der Waals surface area contributed by atoms with E-state index in [2.05, 4.69) is 39.5 Å². The van der Waals surface area contributed by atoms with Gasteiger partial charge in [0.25, 0.3) is 0 Å². The molecule has 2 aromatic rings. The maximum Gasteiger partial charge on any atom is 0.224 e. The number of fused-ring (bicyclic) bond motifs is 1. The van der Waals surface area contributed by atoms with Crippen LogP contribution in [0.4, 0.5) is 11.5 Å². The van der Waals surface area contributed by atoms with Crippen molar-refractivity contribution in [3.8, 4) is 0 Å². The van der Waals surface area contributed by atoms with Gasteiger partial charge < -0.3 is 0 Å². The van der Waals surface area contributed by atoms with Crippen LogP contribution >= 0.6 is 11.6 Å². The van der Waals surface area contributed by atoms with Gasteiger partial charge in [-0.05, 0) is 30.2 Å². The molecule has 1 aromatic heterocycles. The molecule has 1 aliphatic heterocycles. The second kappa shape index (κ2) is 4.68. The van der Waals surface area contributed by atoms with E-state index in [0.717, 1.165) is 5.69 Å². The maximum atomic E-state index is 5.80. The number of benzene rings is 1. The van der Waals surface area contributed by atoms with Crippen LogP contribution in [0.2, 0.25) is 5.28 Å². The van der Waals surface area contributed by atoms with Crippen molar-refractivity contribution in [3.63, 3.8) is 0 Å². The normalized spacial score (nSPS) is 18.5. The molecular formula is C13H14ClN5. The zero-order valence-corrected chi connectivity index (χ0v) is 11.5. The second-order valence-corrected chi connectivity index (χ2v) is 4.78. The highest BCUT2D eigenvalue weighted by Gasteiger charge is 2.30. The summed E-state index contributed by atoms with van der Waals surface area (Å²) >= 11 is 5.80. The lowest BCUT2D eigenvalue weighted by molar-refractivity contribution is 0.278. The molecule has 1 aliphatic rings. The van der Waals surface area contributed by atoms with Crippen LogP contribution in [0.15, 0.2) is 36.5 Å². The van der Waals surface area contributed by atoms with E-state index in [-0.39, 0.29) is 5.28 Å². The predicted octanol–water partition coefficient (Wildman–Crippen LogP) is 2.88. The predicted molar refractivity (Wildman–Crippen MR) is 75.8 cm³/mol. The Morgan fingerprint density at radius 1 is 1.26 bits per heavy atom. The highest BCUT2D eigenvalue weighted by Crippen LogP contribution is 2.38. The summed E-state index contributed by atoms with van der Waals surface area (Å²) in [6.07, 6.45) is 1.63. The summed E-state index contributed by atoms with van der Waals surface area (Å²) in [5.41, 5.74) is 5.64. The molecule has 0 bridgehead atoms. The van der Waals surface area contributed by atoms with Crippen LogP contribution in [0.3, 0.4) is 0 Å². The minimum absolute atomic E-state index is 0.230. The van der Waals surface area contributed by atoms with Crippen LogP contribution < -0.4 is 10.5 Å². The number of hydrogen-bond acceptors (Lipinski definition) is 5. The van der Waals surface area contributed by atoms with Crippen molar-refractivity contribution in [1.29, 1.82) is 0 Å². The summed E-state index contributed by atoms with van der Waals surface area (Å²) in [5, 5.41) is 4.31. The molecule has 1 unspecified atom stereocenters. The number of hydrogen-bond donors (Lipinski definition) is 1. The number of rotatable bonds is 2. The first-order valence-electron chi connectivity index (χ1n) is 6.04. The number of nitrogens with zero attached hydrogens (tertiary/aromatic N) is 4. The average Bonchev–Trinajstić information content (AvgIpc) is 2.65. The van der Waals surface area contributed by atoms with Gasteiger partial charge in [-0.15, -0.1) is 0 Å². The number of hydrazine groups is 2. The topological polar surface area (TPSA) is 44.3 Å². The zero-order chi connectivity index (χ0) is 13.4. The Hall–Kier alpha value is -1.85. The standard InChI is InChI=1S/C13H14ClN5/c1-9-10-5-3-4-6-11(10)19(18(9)2)17-12-7-8-15-13(14)16-12/h3-9H,1-2H3,(H,15,16,17). The first-order chi connectivity index (χ1) is 9.16. The zero-order valence-electron chi connectivity index (χ0n) is 10.7. The Morgan fingerprint density at radius 3 is 2.84 bits per heavy atom. The van der Waals surface area contributed by atoms with E-state index in [1.54, 1.807) is 12.3 Å². The number of nitrogens with one attached hydrogen (secondary N) is 1. The Kier molecular flexibility index (Phi) is 3.00. The van der Waals surface area contributed by atoms with Crippen molar-refractivity contribution in [3.05, 3.63) is 47.4 Å². The molecule has 6 heteroatoms. The van der Waals surface area contributed by atoms with Crippen LogP contribution in [0.1, 0.15) is 18.5 Å². The smallest absolute Gasteiger partial charge is 0.224 e. The third-order valence-corrected chi connectivity index (χ3v) is 3.52. The third-order valence-electron chi connectivity index (χ3n) is 3.34. The van der Waals surface area contributed by atoms with Crippen LogP contribution in [0.25, 0.3) is 0 Å². The van der Waals surface area contributed by atoms with E-state index in [1.807, 2.05) is 24.3 Å². The van der Waals surface area contributed by atoms with E-state index >= 15 is 0 Å². The molecule has 0 spiro atoms. The third kappa shape index (κ3) is 2.11. The van der Waals surface area contributed by atoms with Gasteiger partial charge in [-0.1, -0.05) is 18.2 Å². The minimum Gasteiger partial charge on any atom is -0.267 e. The quantitative estimate of drug-likeness (QED) is 0.854. The summed E-state index contributed by atoms with van der Waals surface area (Å²) < 4.78 is 0. The minimum atomic E-state index is 0.230. The molecule has 1 atom stereocenters. The summed E-state index contributed by atoms with van der Waals surface area (Å²) in [5.74, 6) is 0.663. The number of anilines is 2. The SMILES string of the molecule is CC1c2ccccc2N(Nc2ccnc(Cl)n2)N1C. The van der Waals surface area contributed by atoms with Crippen LogP contribution in [0, 0.1) is 0 Å². The summed E-state index contributed by atoms with van der Waals surface area (Å²) in [7, 11) is 2.03. The lowest BCUT2D eigenvalue weighted by atomic mass is 10.1. The number of aromatic nitrogens is 2. The van der Waals surface area contributed by atoms with Gasteiger partial charge in [-0.3, -0.25) is 5.43 Å². The van der Waals surface area contributed by atoms with Crippen molar-refractivity contribution in [1.82, 2.24) is 15.0 Å². The Bertz CT molecular complexity index is 603. The molecule has 0 saturated carbocycles. The van der Waals surface area contributed by atoms with Crippen LogP contribution in [-0.4, -0.2) is 22.0 Å². The Balaban J connectivity index is 1.93. The largest absolute Gasteiger partial charge is 0.267 e. The van der Waals surface area contributed by atoms with E-state index in [9.17, 15) is 0 Å². The van der Waals surface area contributed by atoms with Crippen LogP contribution in [0.5, 0.6) is 0 Å². The molecule has 19 heavy (non-hydrogen) atoms. The summed E-state index contributed by atoms with van der Waals surface area (Å²) in [6, 6.07) is 10.4. The monoisotopic (exact) mass is 275 g/mol. The van der Waals surface area contributed by atoms with Crippen molar-refractivity contribution in [2.45, 2.75) is 13.0 Å². The molecule has 98 valence electrons. The van der Waals surface area contributed by atoms with Gasteiger partial charge in [0, 0.05) is 19.3 Å². The first-order valence-corrected chi connectivity index (χ1v) is 6.41. The number of halogens is 1. The van der Waals surface area contributed by atoms with E-state index in [1.165, 1.54) is 5.56 Å². The highest BCUT2D eigenvalue weighted by molar-refractivity contribution is 6.28. The molecule has 0 amide bonds. The van der Waals surface area contributed by atoms with E-state index < -0.39 is 0 Å². The summed E-state index contributed by atoms with van der Waals surface area (Å²) in [6.45, 7) is 2.16. The Labute approximate surface area is 116 Å². The molecule has 3 rings (SSSR count). The van der Waals surface area contributed by atoms with Crippen LogP contribution in [-0.2, 0) is 0 Å². The van der Waals surface area contributed by atoms with E-state index in [0.29, 0.717) is 11.9 Å². The highest BCUT2D eigenvalue weighted by atomic mass is 35.5. The lowest BCUT2D eigenvalue weighted by Gasteiger charge is -2.29.